The fourth-order valence-corrected chi connectivity index (χ4v) is 3.58. The lowest BCUT2D eigenvalue weighted by Crippen LogP contribution is -2.53. The van der Waals surface area contributed by atoms with E-state index >= 15 is 0 Å². The second-order valence-corrected chi connectivity index (χ2v) is 6.42. The van der Waals surface area contributed by atoms with E-state index in [0.717, 1.165) is 13.0 Å². The average Bonchev–Trinajstić information content (AvgIpc) is 2.73. The smallest absolute Gasteiger partial charge is 0.263 e. The van der Waals surface area contributed by atoms with Gasteiger partial charge < -0.3 is 15.0 Å². The Morgan fingerprint density at radius 3 is 2.95 bits per heavy atom. The summed E-state index contributed by atoms with van der Waals surface area (Å²) in [6.07, 6.45) is 1.86. The van der Waals surface area contributed by atoms with Crippen LogP contribution in [0.2, 0.25) is 0 Å². The topological polar surface area (TPSA) is 90.5 Å². The van der Waals surface area contributed by atoms with E-state index in [4.69, 9.17) is 10.5 Å². The normalized spacial score (nSPS) is 21.7. The van der Waals surface area contributed by atoms with E-state index in [1.807, 2.05) is 11.5 Å². The van der Waals surface area contributed by atoms with Crippen molar-refractivity contribution < 1.29 is 13.2 Å². The van der Waals surface area contributed by atoms with E-state index in [9.17, 15) is 8.42 Å². The maximum absolute atomic E-state index is 12.5. The van der Waals surface area contributed by atoms with Crippen LogP contribution < -0.4 is 5.73 Å². The summed E-state index contributed by atoms with van der Waals surface area (Å²) in [4.78, 5) is 4.15. The van der Waals surface area contributed by atoms with E-state index < -0.39 is 16.2 Å². The number of hydrogen-bond donors (Lipinski definition) is 1. The van der Waals surface area contributed by atoms with Gasteiger partial charge in [0.1, 0.15) is 5.82 Å². The summed E-state index contributed by atoms with van der Waals surface area (Å²) >= 11 is 0. The van der Waals surface area contributed by atoms with Crippen LogP contribution in [0, 0.1) is 6.92 Å². The van der Waals surface area contributed by atoms with Gasteiger partial charge in [-0.05, 0) is 13.3 Å². The van der Waals surface area contributed by atoms with Crippen LogP contribution in [0.3, 0.4) is 0 Å². The number of aromatic nitrogens is 2. The minimum absolute atomic E-state index is 0.0656. The molecule has 1 aromatic rings. The molecule has 0 aromatic carbocycles. The van der Waals surface area contributed by atoms with Crippen molar-refractivity contribution in [1.29, 1.82) is 0 Å². The lowest BCUT2D eigenvalue weighted by atomic mass is 10.4. The first-order chi connectivity index (χ1) is 8.96. The summed E-state index contributed by atoms with van der Waals surface area (Å²) in [6.45, 7) is 5.43. The van der Waals surface area contributed by atoms with Crippen molar-refractivity contribution in [3.05, 3.63) is 12.0 Å². The first kappa shape index (κ1) is 14.4. The molecule has 19 heavy (non-hydrogen) atoms. The Labute approximate surface area is 113 Å². The molecule has 2 N–H and O–H groups in total. The molecule has 8 heteroatoms. The molecule has 108 valence electrons. The molecule has 0 saturated carbocycles. The monoisotopic (exact) mass is 288 g/mol. The van der Waals surface area contributed by atoms with Crippen LogP contribution in [0.5, 0.6) is 0 Å². The van der Waals surface area contributed by atoms with Crippen molar-refractivity contribution in [3.8, 4) is 0 Å². The molecule has 2 rings (SSSR count). The minimum Gasteiger partial charge on any atom is -0.377 e. The van der Waals surface area contributed by atoms with Gasteiger partial charge in [-0.15, -0.1) is 0 Å². The molecular formula is C11H20N4O3S. The van der Waals surface area contributed by atoms with Gasteiger partial charge in [0.2, 0.25) is 0 Å². The van der Waals surface area contributed by atoms with Crippen LogP contribution in [0.1, 0.15) is 19.2 Å². The third-order valence-corrected chi connectivity index (χ3v) is 4.90. The van der Waals surface area contributed by atoms with Gasteiger partial charge in [0.25, 0.3) is 10.0 Å². The first-order valence-electron chi connectivity index (χ1n) is 6.35. The summed E-state index contributed by atoms with van der Waals surface area (Å²) < 4.78 is 33.2. The van der Waals surface area contributed by atoms with Crippen molar-refractivity contribution in [2.75, 3.05) is 19.8 Å². The lowest BCUT2D eigenvalue weighted by molar-refractivity contribution is 0.0349. The zero-order chi connectivity index (χ0) is 14.0. The molecule has 1 aliphatic rings. The number of ether oxygens (including phenoxy) is 1. The Morgan fingerprint density at radius 1 is 1.58 bits per heavy atom. The molecule has 0 radical (unpaired) electrons. The van der Waals surface area contributed by atoms with E-state index in [1.165, 1.54) is 4.31 Å². The van der Waals surface area contributed by atoms with E-state index in [1.54, 1.807) is 13.1 Å². The quantitative estimate of drug-likeness (QED) is 0.836. The molecule has 1 aliphatic heterocycles. The van der Waals surface area contributed by atoms with Crippen LogP contribution in [0.25, 0.3) is 0 Å². The Kier molecular flexibility index (Phi) is 4.24. The summed E-state index contributed by atoms with van der Waals surface area (Å²) in [5.74, 6) is 0.697. The molecule has 1 fully saturated rings. The first-order valence-corrected chi connectivity index (χ1v) is 7.79. The summed E-state index contributed by atoms with van der Waals surface area (Å²) in [7, 11) is -3.63. The van der Waals surface area contributed by atoms with Gasteiger partial charge in [0, 0.05) is 19.3 Å². The highest BCUT2D eigenvalue weighted by Crippen LogP contribution is 2.18. The maximum atomic E-state index is 12.5. The molecule has 0 aliphatic carbocycles. The molecule has 1 saturated heterocycles. The molecule has 1 unspecified atom stereocenters. The third-order valence-electron chi connectivity index (χ3n) is 3.11. The summed E-state index contributed by atoms with van der Waals surface area (Å²) in [5.41, 5.74) is 5.79. The highest BCUT2D eigenvalue weighted by atomic mass is 32.2. The van der Waals surface area contributed by atoms with E-state index in [0.29, 0.717) is 12.4 Å². The van der Waals surface area contributed by atoms with Crippen LogP contribution in [0.4, 0.5) is 0 Å². The van der Waals surface area contributed by atoms with Crippen molar-refractivity contribution in [3.63, 3.8) is 0 Å². The predicted molar refractivity (Wildman–Crippen MR) is 69.9 cm³/mol. The number of hydrogen-bond acceptors (Lipinski definition) is 5. The molecule has 7 nitrogen and oxygen atoms in total. The van der Waals surface area contributed by atoms with Crippen LogP contribution >= 0.6 is 0 Å². The molecule has 0 amide bonds. The van der Waals surface area contributed by atoms with Gasteiger partial charge in [0.15, 0.2) is 5.03 Å². The number of nitrogens with two attached hydrogens (primary N) is 1. The molecule has 0 bridgehead atoms. The fourth-order valence-electron chi connectivity index (χ4n) is 2.10. The minimum atomic E-state index is -3.63. The van der Waals surface area contributed by atoms with E-state index in [-0.39, 0.29) is 18.2 Å². The summed E-state index contributed by atoms with van der Waals surface area (Å²) in [5, 5.41) is 0.0656. The standard InChI is InChI=1S/C11H20N4O3S/c1-3-4-14-7-11(13-9(14)2)19(16,17)15-5-6-18-8-10(15)12/h7,10H,3-6,8,12H2,1-2H3. The number of imidazole rings is 1. The van der Waals surface area contributed by atoms with Gasteiger partial charge in [0.05, 0.1) is 19.4 Å². The van der Waals surface area contributed by atoms with Crippen molar-refractivity contribution in [1.82, 2.24) is 13.9 Å². The van der Waals surface area contributed by atoms with Crippen LogP contribution in [0.15, 0.2) is 11.2 Å². The van der Waals surface area contributed by atoms with Gasteiger partial charge >= 0.3 is 0 Å². The Bertz CT molecular complexity index is 540. The average molecular weight is 288 g/mol. The SMILES string of the molecule is CCCn1cc(S(=O)(=O)N2CCOCC2N)nc1C. The second-order valence-electron chi connectivity index (χ2n) is 4.58. The lowest BCUT2D eigenvalue weighted by Gasteiger charge is -2.31. The number of sulfonamides is 1. The second kappa shape index (κ2) is 5.58. The molecule has 2 heterocycles. The largest absolute Gasteiger partial charge is 0.377 e. The Balaban J connectivity index is 2.30. The van der Waals surface area contributed by atoms with Gasteiger partial charge in [-0.3, -0.25) is 0 Å². The van der Waals surface area contributed by atoms with Crippen molar-refractivity contribution in [2.24, 2.45) is 5.73 Å². The third kappa shape index (κ3) is 2.81. The Morgan fingerprint density at radius 2 is 2.32 bits per heavy atom. The van der Waals surface area contributed by atoms with Crippen molar-refractivity contribution >= 4 is 10.0 Å². The van der Waals surface area contributed by atoms with Gasteiger partial charge in [-0.2, -0.15) is 4.31 Å². The van der Waals surface area contributed by atoms with Crippen LogP contribution in [-0.4, -0.2) is 48.2 Å². The zero-order valence-electron chi connectivity index (χ0n) is 11.2. The van der Waals surface area contributed by atoms with Crippen molar-refractivity contribution in [2.45, 2.75) is 38.0 Å². The highest BCUT2D eigenvalue weighted by Gasteiger charge is 2.33. The zero-order valence-corrected chi connectivity index (χ0v) is 12.1. The van der Waals surface area contributed by atoms with Gasteiger partial charge in [-0.1, -0.05) is 6.92 Å². The number of nitrogens with zero attached hydrogens (tertiary/aromatic N) is 3. The number of aryl methyl sites for hydroxylation is 2. The molecule has 1 atom stereocenters. The molecule has 1 aromatic heterocycles. The van der Waals surface area contributed by atoms with Crippen LogP contribution in [-0.2, 0) is 21.3 Å². The maximum Gasteiger partial charge on any atom is 0.263 e. The summed E-state index contributed by atoms with van der Waals surface area (Å²) in [6, 6.07) is 0. The highest BCUT2D eigenvalue weighted by molar-refractivity contribution is 7.89. The molecule has 0 spiro atoms. The predicted octanol–water partition coefficient (Wildman–Crippen LogP) is -0.0928. The molecular weight excluding hydrogens is 268 g/mol. The number of morpholine rings is 1. The Hall–Kier alpha value is -0.960. The van der Waals surface area contributed by atoms with Gasteiger partial charge in [-0.25, -0.2) is 13.4 Å². The fraction of sp³-hybridized carbons (Fsp3) is 0.727. The number of rotatable bonds is 4. The van der Waals surface area contributed by atoms with E-state index in [2.05, 4.69) is 4.98 Å².